The zero-order valence-electron chi connectivity index (χ0n) is 13.5. The molecule has 2 aromatic rings. The largest absolute Gasteiger partial charge is 0.438 e. The fraction of sp³-hybridized carbons (Fsp3) is 0.389. The summed E-state index contributed by atoms with van der Waals surface area (Å²) in [4.78, 5) is 4.45. The Morgan fingerprint density at radius 3 is 2.52 bits per heavy atom. The van der Waals surface area contributed by atoms with Gasteiger partial charge >= 0.3 is 0 Å². The Bertz CT molecular complexity index is 621. The lowest BCUT2D eigenvalue weighted by Gasteiger charge is -2.13. The normalized spacial score (nSPS) is 11.0. The van der Waals surface area contributed by atoms with Crippen LogP contribution in [0, 0.1) is 13.8 Å². The number of ether oxygens (including phenoxy) is 1. The van der Waals surface area contributed by atoms with Crippen LogP contribution in [-0.2, 0) is 6.54 Å². The van der Waals surface area contributed by atoms with Crippen molar-refractivity contribution in [2.24, 2.45) is 0 Å². The first-order chi connectivity index (χ1) is 10.0. The van der Waals surface area contributed by atoms with E-state index in [1.807, 2.05) is 20.2 Å². The first kappa shape index (κ1) is 15.5. The number of pyridine rings is 1. The molecule has 2 rings (SSSR count). The fourth-order valence-electron chi connectivity index (χ4n) is 2.22. The molecule has 0 aliphatic rings. The van der Waals surface area contributed by atoms with Crippen LogP contribution in [0.4, 0.5) is 0 Å². The van der Waals surface area contributed by atoms with Crippen molar-refractivity contribution in [1.82, 2.24) is 10.3 Å². The van der Waals surface area contributed by atoms with Crippen molar-refractivity contribution in [2.75, 3.05) is 7.05 Å². The Labute approximate surface area is 127 Å². The van der Waals surface area contributed by atoms with E-state index in [1.165, 1.54) is 5.56 Å². The SMILES string of the molecule is CNCc1cnc(Oc2cc(C(C)C)ccc2C)c(C)c1. The van der Waals surface area contributed by atoms with Crippen molar-refractivity contribution in [3.8, 4) is 11.6 Å². The lowest BCUT2D eigenvalue weighted by atomic mass is 10.0. The van der Waals surface area contributed by atoms with E-state index in [4.69, 9.17) is 4.74 Å². The molecule has 0 spiro atoms. The highest BCUT2D eigenvalue weighted by molar-refractivity contribution is 5.41. The van der Waals surface area contributed by atoms with Crippen LogP contribution in [0.5, 0.6) is 11.6 Å². The van der Waals surface area contributed by atoms with E-state index < -0.39 is 0 Å². The Morgan fingerprint density at radius 2 is 1.90 bits per heavy atom. The molecule has 3 nitrogen and oxygen atoms in total. The van der Waals surface area contributed by atoms with Gasteiger partial charge in [-0.2, -0.15) is 0 Å². The van der Waals surface area contributed by atoms with Crippen LogP contribution in [0.1, 0.15) is 42.0 Å². The molecule has 1 aromatic carbocycles. The maximum atomic E-state index is 6.03. The minimum Gasteiger partial charge on any atom is -0.438 e. The summed E-state index contributed by atoms with van der Waals surface area (Å²) in [5.41, 5.74) is 4.62. The first-order valence-electron chi connectivity index (χ1n) is 7.39. The van der Waals surface area contributed by atoms with Crippen molar-refractivity contribution in [3.63, 3.8) is 0 Å². The van der Waals surface area contributed by atoms with E-state index in [-0.39, 0.29) is 0 Å². The lowest BCUT2D eigenvalue weighted by molar-refractivity contribution is 0.454. The summed E-state index contributed by atoms with van der Waals surface area (Å²) in [5.74, 6) is 2.05. The van der Waals surface area contributed by atoms with Gasteiger partial charge in [-0.25, -0.2) is 4.98 Å². The first-order valence-corrected chi connectivity index (χ1v) is 7.39. The maximum Gasteiger partial charge on any atom is 0.222 e. The molecule has 0 saturated heterocycles. The highest BCUT2D eigenvalue weighted by atomic mass is 16.5. The van der Waals surface area contributed by atoms with Crippen molar-refractivity contribution in [1.29, 1.82) is 0 Å². The maximum absolute atomic E-state index is 6.03. The second kappa shape index (κ2) is 6.72. The third-order valence-electron chi connectivity index (χ3n) is 3.55. The average molecular weight is 284 g/mol. The van der Waals surface area contributed by atoms with Crippen LogP contribution in [0.15, 0.2) is 30.5 Å². The van der Waals surface area contributed by atoms with Gasteiger partial charge in [0, 0.05) is 18.3 Å². The van der Waals surface area contributed by atoms with E-state index in [0.29, 0.717) is 11.8 Å². The molecule has 3 heteroatoms. The number of aromatic nitrogens is 1. The second-order valence-corrected chi connectivity index (χ2v) is 5.78. The summed E-state index contributed by atoms with van der Waals surface area (Å²) < 4.78 is 6.03. The van der Waals surface area contributed by atoms with Crippen molar-refractivity contribution in [2.45, 2.75) is 40.2 Å². The van der Waals surface area contributed by atoms with Gasteiger partial charge < -0.3 is 10.1 Å². The summed E-state index contributed by atoms with van der Waals surface area (Å²) in [5, 5.41) is 3.13. The molecule has 0 radical (unpaired) electrons. The van der Waals surface area contributed by atoms with Crippen molar-refractivity contribution >= 4 is 0 Å². The van der Waals surface area contributed by atoms with Crippen molar-refractivity contribution in [3.05, 3.63) is 52.7 Å². The van der Waals surface area contributed by atoms with E-state index in [0.717, 1.165) is 29.0 Å². The number of hydrogen-bond donors (Lipinski definition) is 1. The zero-order valence-corrected chi connectivity index (χ0v) is 13.5. The van der Waals surface area contributed by atoms with Gasteiger partial charge in [0.15, 0.2) is 0 Å². The molecular weight excluding hydrogens is 260 g/mol. The van der Waals surface area contributed by atoms with Crippen LogP contribution in [0.3, 0.4) is 0 Å². The summed E-state index contributed by atoms with van der Waals surface area (Å²) in [6.07, 6.45) is 1.86. The fourth-order valence-corrected chi connectivity index (χ4v) is 2.22. The third-order valence-corrected chi connectivity index (χ3v) is 3.55. The van der Waals surface area contributed by atoms with Crippen LogP contribution in [-0.4, -0.2) is 12.0 Å². The summed E-state index contributed by atoms with van der Waals surface area (Å²) in [6.45, 7) is 9.28. The summed E-state index contributed by atoms with van der Waals surface area (Å²) in [6, 6.07) is 8.49. The van der Waals surface area contributed by atoms with Gasteiger partial charge in [0.25, 0.3) is 0 Å². The molecule has 0 bridgehead atoms. The summed E-state index contributed by atoms with van der Waals surface area (Å²) in [7, 11) is 1.93. The van der Waals surface area contributed by atoms with Gasteiger partial charge in [0.2, 0.25) is 5.88 Å². The third kappa shape index (κ3) is 3.82. The van der Waals surface area contributed by atoms with Gasteiger partial charge in [0.1, 0.15) is 5.75 Å². The van der Waals surface area contributed by atoms with E-state index in [9.17, 15) is 0 Å². The van der Waals surface area contributed by atoms with E-state index in [2.05, 4.69) is 55.3 Å². The van der Waals surface area contributed by atoms with Crippen LogP contribution < -0.4 is 10.1 Å². The standard InChI is InChI=1S/C18H24N2O/c1-12(2)16-7-6-13(3)17(9-16)21-18-14(4)8-15(10-19-5)11-20-18/h6-9,11-12,19H,10H2,1-5H3. The molecule has 0 atom stereocenters. The number of nitrogens with zero attached hydrogens (tertiary/aromatic N) is 1. The minimum atomic E-state index is 0.486. The topological polar surface area (TPSA) is 34.2 Å². The van der Waals surface area contributed by atoms with Gasteiger partial charge in [-0.05, 0) is 55.6 Å². The summed E-state index contributed by atoms with van der Waals surface area (Å²) >= 11 is 0. The lowest BCUT2D eigenvalue weighted by Crippen LogP contribution is -2.06. The highest BCUT2D eigenvalue weighted by Gasteiger charge is 2.09. The average Bonchev–Trinajstić information content (AvgIpc) is 2.44. The molecule has 0 aliphatic carbocycles. The predicted octanol–water partition coefficient (Wildman–Crippen LogP) is 4.33. The molecule has 1 heterocycles. The Kier molecular flexibility index (Phi) is 4.97. The Hall–Kier alpha value is -1.87. The highest BCUT2D eigenvalue weighted by Crippen LogP contribution is 2.29. The second-order valence-electron chi connectivity index (χ2n) is 5.78. The van der Waals surface area contributed by atoms with E-state index in [1.54, 1.807) is 0 Å². The molecule has 1 N–H and O–H groups in total. The predicted molar refractivity (Wildman–Crippen MR) is 87.1 cm³/mol. The minimum absolute atomic E-state index is 0.486. The molecule has 0 amide bonds. The number of aryl methyl sites for hydroxylation is 2. The van der Waals surface area contributed by atoms with Crippen molar-refractivity contribution < 1.29 is 4.74 Å². The Morgan fingerprint density at radius 1 is 1.14 bits per heavy atom. The number of rotatable bonds is 5. The molecule has 0 aliphatic heterocycles. The van der Waals surface area contributed by atoms with Crippen LogP contribution >= 0.6 is 0 Å². The molecule has 1 aromatic heterocycles. The molecule has 0 saturated carbocycles. The molecular formula is C18H24N2O. The van der Waals surface area contributed by atoms with Gasteiger partial charge in [-0.1, -0.05) is 26.0 Å². The van der Waals surface area contributed by atoms with Gasteiger partial charge in [-0.3, -0.25) is 0 Å². The molecule has 0 fully saturated rings. The molecule has 21 heavy (non-hydrogen) atoms. The van der Waals surface area contributed by atoms with Crippen LogP contribution in [0.25, 0.3) is 0 Å². The van der Waals surface area contributed by atoms with Gasteiger partial charge in [0.05, 0.1) is 0 Å². The zero-order chi connectivity index (χ0) is 15.4. The number of nitrogens with one attached hydrogen (secondary N) is 1. The smallest absolute Gasteiger partial charge is 0.222 e. The number of hydrogen-bond acceptors (Lipinski definition) is 3. The molecule has 0 unspecified atom stereocenters. The van der Waals surface area contributed by atoms with Gasteiger partial charge in [-0.15, -0.1) is 0 Å². The monoisotopic (exact) mass is 284 g/mol. The quantitative estimate of drug-likeness (QED) is 0.887. The molecule has 112 valence electrons. The number of benzene rings is 1. The van der Waals surface area contributed by atoms with Crippen LogP contribution in [0.2, 0.25) is 0 Å². The van der Waals surface area contributed by atoms with E-state index >= 15 is 0 Å². The Balaban J connectivity index is 2.27.